The van der Waals surface area contributed by atoms with Crippen molar-refractivity contribution in [3.63, 3.8) is 0 Å². The first-order valence-corrected chi connectivity index (χ1v) is 8.91. The number of likely N-dealkylation sites (N-methyl/N-ethyl adjacent to an activating group) is 1. The molecule has 0 radical (unpaired) electrons. The molecule has 0 aliphatic rings. The van der Waals surface area contributed by atoms with Gasteiger partial charge in [-0.15, -0.1) is 0 Å². The van der Waals surface area contributed by atoms with Gasteiger partial charge in [-0.2, -0.15) is 0 Å². The van der Waals surface area contributed by atoms with Gasteiger partial charge in [0.05, 0.1) is 12.6 Å². The van der Waals surface area contributed by atoms with Crippen LogP contribution in [0.3, 0.4) is 0 Å². The molecule has 1 N–H and O–H groups in total. The molecule has 4 nitrogen and oxygen atoms in total. The van der Waals surface area contributed by atoms with Crippen LogP contribution in [0.1, 0.15) is 24.1 Å². The molecule has 26 heavy (non-hydrogen) atoms. The fourth-order valence-corrected chi connectivity index (χ4v) is 2.80. The van der Waals surface area contributed by atoms with E-state index in [1.54, 1.807) is 6.08 Å². The second kappa shape index (κ2) is 10.00. The zero-order valence-electron chi connectivity index (χ0n) is 15.2. The number of rotatable bonds is 9. The molecule has 0 bridgehead atoms. The minimum Gasteiger partial charge on any atom is -0.490 e. The van der Waals surface area contributed by atoms with Crippen LogP contribution in [0, 0.1) is 0 Å². The standard InChI is InChI=1S/C21H25ClN2O2/c1-4-12-26-20-10-8-17(9-11-20)14-24(3)15-21(25)23-16(2)18-6-5-7-19(22)13-18/h4-11,13,16H,1,12,14-15H2,2-3H3,(H,23,25)/t16-/m1/s1. The van der Waals surface area contributed by atoms with Crippen molar-refractivity contribution in [1.29, 1.82) is 0 Å². The van der Waals surface area contributed by atoms with E-state index in [0.29, 0.717) is 24.7 Å². The summed E-state index contributed by atoms with van der Waals surface area (Å²) in [6, 6.07) is 15.3. The molecule has 0 fully saturated rings. The molecule has 2 aromatic carbocycles. The summed E-state index contributed by atoms with van der Waals surface area (Å²) >= 11 is 6.00. The van der Waals surface area contributed by atoms with E-state index in [0.717, 1.165) is 16.9 Å². The average Bonchev–Trinajstić information content (AvgIpc) is 2.61. The molecule has 0 saturated heterocycles. The van der Waals surface area contributed by atoms with E-state index in [4.69, 9.17) is 16.3 Å². The fourth-order valence-electron chi connectivity index (χ4n) is 2.61. The lowest BCUT2D eigenvalue weighted by molar-refractivity contribution is -0.122. The van der Waals surface area contributed by atoms with E-state index in [9.17, 15) is 4.79 Å². The van der Waals surface area contributed by atoms with Crippen molar-refractivity contribution in [2.45, 2.75) is 19.5 Å². The van der Waals surface area contributed by atoms with E-state index < -0.39 is 0 Å². The van der Waals surface area contributed by atoms with Crippen LogP contribution in [-0.2, 0) is 11.3 Å². The first-order valence-electron chi connectivity index (χ1n) is 8.54. The van der Waals surface area contributed by atoms with Gasteiger partial charge in [-0.25, -0.2) is 0 Å². The minimum atomic E-state index is -0.0871. The number of nitrogens with one attached hydrogen (secondary N) is 1. The minimum absolute atomic E-state index is 0.0223. The quantitative estimate of drug-likeness (QED) is 0.670. The van der Waals surface area contributed by atoms with Crippen LogP contribution in [0.15, 0.2) is 61.2 Å². The molecule has 0 spiro atoms. The average molecular weight is 373 g/mol. The Labute approximate surface area is 160 Å². The predicted molar refractivity (Wildman–Crippen MR) is 106 cm³/mol. The third kappa shape index (κ3) is 6.54. The highest BCUT2D eigenvalue weighted by Crippen LogP contribution is 2.17. The molecular weight excluding hydrogens is 348 g/mol. The normalized spacial score (nSPS) is 11.8. The Bertz CT molecular complexity index is 731. The first kappa shape index (κ1) is 20.0. The predicted octanol–water partition coefficient (Wildman–Crippen LogP) is 4.21. The molecule has 0 unspecified atom stereocenters. The van der Waals surface area contributed by atoms with Crippen LogP contribution in [0.4, 0.5) is 0 Å². The van der Waals surface area contributed by atoms with Crippen LogP contribution in [0.25, 0.3) is 0 Å². The summed E-state index contributed by atoms with van der Waals surface area (Å²) in [5.41, 5.74) is 2.11. The molecule has 0 aliphatic heterocycles. The Morgan fingerprint density at radius 3 is 2.69 bits per heavy atom. The first-order chi connectivity index (χ1) is 12.5. The highest BCUT2D eigenvalue weighted by Gasteiger charge is 2.12. The maximum Gasteiger partial charge on any atom is 0.234 e. The summed E-state index contributed by atoms with van der Waals surface area (Å²) in [4.78, 5) is 14.2. The van der Waals surface area contributed by atoms with Crippen LogP contribution >= 0.6 is 11.6 Å². The third-order valence-corrected chi connectivity index (χ3v) is 4.12. The Balaban J connectivity index is 1.82. The maximum absolute atomic E-state index is 12.3. The number of hydrogen-bond acceptors (Lipinski definition) is 3. The summed E-state index contributed by atoms with van der Waals surface area (Å²) in [6.45, 7) is 7.07. The molecule has 2 rings (SSSR count). The number of carbonyl (C=O) groups is 1. The molecule has 5 heteroatoms. The van der Waals surface area contributed by atoms with Gasteiger partial charge in [-0.3, -0.25) is 9.69 Å². The van der Waals surface area contributed by atoms with E-state index in [2.05, 4.69) is 11.9 Å². The van der Waals surface area contributed by atoms with Crippen LogP contribution in [-0.4, -0.2) is 31.0 Å². The van der Waals surface area contributed by atoms with Gasteiger partial charge in [0.25, 0.3) is 0 Å². The number of carbonyl (C=O) groups excluding carboxylic acids is 1. The highest BCUT2D eigenvalue weighted by molar-refractivity contribution is 6.30. The van der Waals surface area contributed by atoms with Crippen molar-refractivity contribution in [3.8, 4) is 5.75 Å². The fraction of sp³-hybridized carbons (Fsp3) is 0.286. The number of halogens is 1. The maximum atomic E-state index is 12.3. The molecule has 138 valence electrons. The topological polar surface area (TPSA) is 41.6 Å². The molecular formula is C21H25ClN2O2. The lowest BCUT2D eigenvalue weighted by atomic mass is 10.1. The second-order valence-corrected chi connectivity index (χ2v) is 6.70. The van der Waals surface area contributed by atoms with Crippen LogP contribution in [0.2, 0.25) is 5.02 Å². The number of ether oxygens (including phenoxy) is 1. The zero-order chi connectivity index (χ0) is 18.9. The van der Waals surface area contributed by atoms with E-state index in [1.165, 1.54) is 0 Å². The number of amides is 1. The second-order valence-electron chi connectivity index (χ2n) is 6.26. The van der Waals surface area contributed by atoms with Crippen LogP contribution in [0.5, 0.6) is 5.75 Å². The van der Waals surface area contributed by atoms with Crippen LogP contribution < -0.4 is 10.1 Å². The van der Waals surface area contributed by atoms with Crippen molar-refractivity contribution in [2.75, 3.05) is 20.2 Å². The van der Waals surface area contributed by atoms with Gasteiger partial charge in [0, 0.05) is 11.6 Å². The largest absolute Gasteiger partial charge is 0.490 e. The van der Waals surface area contributed by atoms with Gasteiger partial charge < -0.3 is 10.1 Å². The van der Waals surface area contributed by atoms with Crippen molar-refractivity contribution in [3.05, 3.63) is 77.3 Å². The van der Waals surface area contributed by atoms with Crippen molar-refractivity contribution in [1.82, 2.24) is 10.2 Å². The number of benzene rings is 2. The SMILES string of the molecule is C=CCOc1ccc(CN(C)CC(=O)N[C@H](C)c2cccc(Cl)c2)cc1. The summed E-state index contributed by atoms with van der Waals surface area (Å²) in [7, 11) is 1.92. The summed E-state index contributed by atoms with van der Waals surface area (Å²) in [5.74, 6) is 0.787. The smallest absolute Gasteiger partial charge is 0.234 e. The Kier molecular flexibility index (Phi) is 7.70. The molecule has 1 atom stereocenters. The lowest BCUT2D eigenvalue weighted by Crippen LogP contribution is -2.36. The molecule has 0 aliphatic carbocycles. The van der Waals surface area contributed by atoms with Gasteiger partial charge in [0.2, 0.25) is 5.91 Å². The van der Waals surface area contributed by atoms with Crippen molar-refractivity contribution >= 4 is 17.5 Å². The van der Waals surface area contributed by atoms with Gasteiger partial charge in [-0.1, -0.05) is 48.5 Å². The Morgan fingerprint density at radius 2 is 2.04 bits per heavy atom. The van der Waals surface area contributed by atoms with E-state index in [1.807, 2.05) is 67.4 Å². The highest BCUT2D eigenvalue weighted by atomic mass is 35.5. The van der Waals surface area contributed by atoms with Gasteiger partial charge >= 0.3 is 0 Å². The zero-order valence-corrected chi connectivity index (χ0v) is 16.0. The summed E-state index contributed by atoms with van der Waals surface area (Å²) in [5, 5.41) is 3.67. The number of hydrogen-bond donors (Lipinski definition) is 1. The third-order valence-electron chi connectivity index (χ3n) is 3.88. The van der Waals surface area contributed by atoms with E-state index >= 15 is 0 Å². The Hall–Kier alpha value is -2.30. The molecule has 0 saturated carbocycles. The van der Waals surface area contributed by atoms with Gasteiger partial charge in [-0.05, 0) is 49.4 Å². The molecule has 2 aromatic rings. The van der Waals surface area contributed by atoms with Gasteiger partial charge in [0.15, 0.2) is 0 Å². The lowest BCUT2D eigenvalue weighted by Gasteiger charge is -2.19. The number of nitrogens with zero attached hydrogens (tertiary/aromatic N) is 1. The molecule has 1 amide bonds. The summed E-state index contributed by atoms with van der Waals surface area (Å²) < 4.78 is 5.47. The van der Waals surface area contributed by atoms with E-state index in [-0.39, 0.29) is 11.9 Å². The Morgan fingerprint density at radius 1 is 1.31 bits per heavy atom. The van der Waals surface area contributed by atoms with Crippen molar-refractivity contribution < 1.29 is 9.53 Å². The van der Waals surface area contributed by atoms with Gasteiger partial charge in [0.1, 0.15) is 12.4 Å². The van der Waals surface area contributed by atoms with Crippen molar-refractivity contribution in [2.24, 2.45) is 0 Å². The monoisotopic (exact) mass is 372 g/mol. The summed E-state index contributed by atoms with van der Waals surface area (Å²) in [6.07, 6.45) is 1.71. The molecule has 0 aromatic heterocycles. The molecule has 0 heterocycles.